The Morgan fingerprint density at radius 1 is 1.70 bits per heavy atom. The van der Waals surface area contributed by atoms with Gasteiger partial charge in [-0.3, -0.25) is 15.1 Å². The molecule has 1 aliphatic heterocycles. The Balaban J connectivity index is 2.32. The van der Waals surface area contributed by atoms with Crippen molar-refractivity contribution in [1.29, 1.82) is 0 Å². The molecule has 20 heavy (non-hydrogen) atoms. The Morgan fingerprint density at radius 2 is 2.40 bits per heavy atom. The van der Waals surface area contributed by atoms with E-state index in [1.54, 1.807) is 11.9 Å². The molecule has 0 bridgehead atoms. The lowest BCUT2D eigenvalue weighted by atomic mass is 9.93. The van der Waals surface area contributed by atoms with E-state index in [4.69, 9.17) is 0 Å². The zero-order chi connectivity index (χ0) is 14.9. The second kappa shape index (κ2) is 5.20. The van der Waals surface area contributed by atoms with Gasteiger partial charge in [-0.05, 0) is 26.5 Å². The van der Waals surface area contributed by atoms with Crippen molar-refractivity contribution in [2.45, 2.75) is 31.4 Å². The summed E-state index contributed by atoms with van der Waals surface area (Å²) in [6.07, 6.45) is 1.80. The van der Waals surface area contributed by atoms with Crippen LogP contribution in [0, 0.1) is 10.1 Å². The number of anilines is 1. The third kappa shape index (κ3) is 2.64. The fraction of sp³-hybridized carbons (Fsp3) is 0.667. The van der Waals surface area contributed by atoms with Gasteiger partial charge in [0.15, 0.2) is 0 Å². The monoisotopic (exact) mass is 281 g/mol. The van der Waals surface area contributed by atoms with Gasteiger partial charge in [0.1, 0.15) is 6.20 Å². The molecule has 1 aliphatic rings. The molecular weight excluding hydrogens is 262 g/mol. The van der Waals surface area contributed by atoms with Crippen LogP contribution in [0.15, 0.2) is 11.2 Å². The number of β-amino-alcohol motifs (C(OH)–C–C–N with tert-alkyl or cyclic N) is 1. The molecule has 0 saturated carbocycles. The van der Waals surface area contributed by atoms with Crippen LogP contribution in [0.25, 0.3) is 0 Å². The molecule has 8 nitrogen and oxygen atoms in total. The summed E-state index contributed by atoms with van der Waals surface area (Å²) in [4.78, 5) is 16.5. The summed E-state index contributed by atoms with van der Waals surface area (Å²) in [5.41, 5.74) is -0.448. The summed E-state index contributed by atoms with van der Waals surface area (Å²) in [5.74, 6) is 0.419. The topological polar surface area (TPSA) is 96.8 Å². The molecule has 2 atom stereocenters. The molecule has 1 saturated heterocycles. The number of hydrogen-bond donors (Lipinski definition) is 1. The van der Waals surface area contributed by atoms with Gasteiger partial charge >= 0.3 is 5.69 Å². The van der Waals surface area contributed by atoms with Gasteiger partial charge in [-0.25, -0.2) is 4.68 Å². The van der Waals surface area contributed by atoms with Gasteiger partial charge in [0.25, 0.3) is 0 Å². The van der Waals surface area contributed by atoms with E-state index in [1.165, 1.54) is 10.9 Å². The van der Waals surface area contributed by atoms with Crippen LogP contribution in [0.4, 0.5) is 11.5 Å². The third-order valence-corrected chi connectivity index (χ3v) is 3.79. The van der Waals surface area contributed by atoms with Crippen LogP contribution >= 0.6 is 0 Å². The zero-order valence-electron chi connectivity index (χ0n) is 11.7. The van der Waals surface area contributed by atoms with Gasteiger partial charge in [0.05, 0.1) is 16.6 Å². The van der Waals surface area contributed by atoms with Crippen molar-refractivity contribution in [2.24, 2.45) is 12.0 Å². The second-order valence-corrected chi connectivity index (χ2v) is 5.44. The minimum Gasteiger partial charge on any atom is -0.391 e. The number of rotatable bonds is 3. The first-order valence-electron chi connectivity index (χ1n) is 6.43. The largest absolute Gasteiger partial charge is 0.391 e. The standard InChI is InChI=1S/C12H19N5O3/c1-12(13-2)4-5-16(8-9(18)6-12)11-10(17(19)20)7-14-15(11)3/h7,9,18H,2,4-6,8H2,1,3H3. The average Bonchev–Trinajstić information content (AvgIpc) is 2.69. The van der Waals surface area contributed by atoms with Crippen molar-refractivity contribution in [1.82, 2.24) is 9.78 Å². The van der Waals surface area contributed by atoms with Gasteiger partial charge in [0, 0.05) is 20.1 Å². The third-order valence-electron chi connectivity index (χ3n) is 3.79. The van der Waals surface area contributed by atoms with Crippen LogP contribution in [0.3, 0.4) is 0 Å². The number of hydrogen-bond acceptors (Lipinski definition) is 6. The van der Waals surface area contributed by atoms with Crippen LogP contribution in [0.1, 0.15) is 19.8 Å². The molecule has 110 valence electrons. The fourth-order valence-corrected chi connectivity index (χ4v) is 2.65. The van der Waals surface area contributed by atoms with Crippen molar-refractivity contribution in [3.05, 3.63) is 16.3 Å². The highest BCUT2D eigenvalue weighted by Crippen LogP contribution is 2.32. The predicted octanol–water partition coefficient (Wildman–Crippen LogP) is 0.749. The van der Waals surface area contributed by atoms with Gasteiger partial charge in [-0.2, -0.15) is 5.10 Å². The Labute approximate surface area is 116 Å². The SMILES string of the molecule is C=NC1(C)CCN(c2c([N+](=O)[O-])cnn2C)CC(O)C1. The molecule has 2 unspecified atom stereocenters. The van der Waals surface area contributed by atoms with Crippen LogP contribution in [0.5, 0.6) is 0 Å². The number of aliphatic imine (C=N–C) groups is 1. The van der Waals surface area contributed by atoms with E-state index in [1.807, 2.05) is 6.92 Å². The molecule has 1 fully saturated rings. The van der Waals surface area contributed by atoms with E-state index in [0.29, 0.717) is 31.7 Å². The predicted molar refractivity (Wildman–Crippen MR) is 75.3 cm³/mol. The normalized spacial score (nSPS) is 27.1. The van der Waals surface area contributed by atoms with E-state index < -0.39 is 16.6 Å². The molecule has 2 rings (SSSR count). The summed E-state index contributed by atoms with van der Waals surface area (Å²) >= 11 is 0. The Kier molecular flexibility index (Phi) is 3.76. The Hall–Kier alpha value is -1.96. The van der Waals surface area contributed by atoms with E-state index in [0.717, 1.165) is 0 Å². The Morgan fingerprint density at radius 3 is 3.00 bits per heavy atom. The van der Waals surface area contributed by atoms with Gasteiger partial charge in [-0.15, -0.1) is 0 Å². The fourth-order valence-electron chi connectivity index (χ4n) is 2.65. The number of nitro groups is 1. The molecule has 2 heterocycles. The smallest absolute Gasteiger partial charge is 0.331 e. The molecule has 0 aromatic carbocycles. The highest BCUT2D eigenvalue weighted by molar-refractivity contribution is 5.57. The number of aliphatic hydroxyl groups is 1. The maximum atomic E-state index is 11.1. The van der Waals surface area contributed by atoms with Crippen molar-refractivity contribution < 1.29 is 10.0 Å². The van der Waals surface area contributed by atoms with E-state index in [9.17, 15) is 15.2 Å². The van der Waals surface area contributed by atoms with E-state index >= 15 is 0 Å². The lowest BCUT2D eigenvalue weighted by Crippen LogP contribution is -2.32. The molecular formula is C12H19N5O3. The number of aryl methyl sites for hydroxylation is 1. The minimum atomic E-state index is -0.609. The highest BCUT2D eigenvalue weighted by atomic mass is 16.6. The highest BCUT2D eigenvalue weighted by Gasteiger charge is 2.34. The second-order valence-electron chi connectivity index (χ2n) is 5.44. The van der Waals surface area contributed by atoms with Crippen LogP contribution < -0.4 is 4.90 Å². The maximum Gasteiger partial charge on any atom is 0.331 e. The summed E-state index contributed by atoms with van der Waals surface area (Å²) < 4.78 is 1.47. The first-order valence-corrected chi connectivity index (χ1v) is 6.43. The first-order chi connectivity index (χ1) is 9.36. The molecule has 0 amide bonds. The van der Waals surface area contributed by atoms with Gasteiger partial charge in [-0.1, -0.05) is 0 Å². The van der Waals surface area contributed by atoms with Crippen molar-refractivity contribution in [2.75, 3.05) is 18.0 Å². The van der Waals surface area contributed by atoms with E-state index in [-0.39, 0.29) is 5.69 Å². The van der Waals surface area contributed by atoms with Gasteiger partial charge < -0.3 is 10.0 Å². The summed E-state index contributed by atoms with van der Waals surface area (Å²) in [7, 11) is 1.66. The quantitative estimate of drug-likeness (QED) is 0.501. The average molecular weight is 281 g/mol. The molecule has 8 heteroatoms. The summed E-state index contributed by atoms with van der Waals surface area (Å²) in [6, 6.07) is 0. The van der Waals surface area contributed by atoms with Crippen molar-refractivity contribution >= 4 is 18.2 Å². The minimum absolute atomic E-state index is 0.0464. The molecule has 1 aromatic heterocycles. The molecule has 1 aromatic rings. The van der Waals surface area contributed by atoms with Crippen molar-refractivity contribution in [3.63, 3.8) is 0 Å². The maximum absolute atomic E-state index is 11.1. The van der Waals surface area contributed by atoms with Crippen molar-refractivity contribution in [3.8, 4) is 0 Å². The lowest BCUT2D eigenvalue weighted by Gasteiger charge is -2.23. The molecule has 1 N–H and O–H groups in total. The summed E-state index contributed by atoms with van der Waals surface area (Å²) in [5, 5.41) is 25.1. The number of aliphatic hydroxyl groups excluding tert-OH is 1. The van der Waals surface area contributed by atoms with Crippen LogP contribution in [0.2, 0.25) is 0 Å². The molecule has 0 spiro atoms. The van der Waals surface area contributed by atoms with E-state index in [2.05, 4.69) is 16.8 Å². The Bertz CT molecular complexity index is 529. The van der Waals surface area contributed by atoms with Crippen LogP contribution in [-0.2, 0) is 7.05 Å². The number of aromatic nitrogens is 2. The lowest BCUT2D eigenvalue weighted by molar-refractivity contribution is -0.384. The molecule has 0 radical (unpaired) electrons. The summed E-state index contributed by atoms with van der Waals surface area (Å²) in [6.45, 7) is 6.40. The van der Waals surface area contributed by atoms with Gasteiger partial charge in [0.2, 0.25) is 5.82 Å². The van der Waals surface area contributed by atoms with Crippen LogP contribution in [-0.4, -0.2) is 51.3 Å². The number of nitrogens with zero attached hydrogens (tertiary/aromatic N) is 5. The molecule has 0 aliphatic carbocycles. The zero-order valence-corrected chi connectivity index (χ0v) is 11.7. The first kappa shape index (κ1) is 14.4.